The van der Waals surface area contributed by atoms with Gasteiger partial charge in [-0.1, -0.05) is 0 Å². The summed E-state index contributed by atoms with van der Waals surface area (Å²) in [6.45, 7) is 1.39. The second-order valence-corrected chi connectivity index (χ2v) is 3.31. The van der Waals surface area contributed by atoms with Crippen LogP contribution >= 0.6 is 15.9 Å². The van der Waals surface area contributed by atoms with Crippen molar-refractivity contribution >= 4 is 21.6 Å². The Balaban J connectivity index is 3.32. The molecule has 0 aliphatic carbocycles. The minimum atomic E-state index is -2.73. The van der Waals surface area contributed by atoms with Gasteiger partial charge in [0.05, 0.1) is 4.92 Å². The van der Waals surface area contributed by atoms with Crippen LogP contribution < -0.4 is 0 Å². The molecule has 0 aliphatic rings. The third-order valence-corrected chi connectivity index (χ3v) is 2.12. The van der Waals surface area contributed by atoms with Crippen LogP contribution in [-0.2, 0) is 0 Å². The number of nitrogens with zero attached hydrogens (tertiary/aromatic N) is 2. The molecule has 0 radical (unpaired) electrons. The predicted molar refractivity (Wildman–Crippen MR) is 48.3 cm³/mol. The zero-order valence-electron chi connectivity index (χ0n) is 7.00. The molecule has 76 valence electrons. The number of hydrogen-bond acceptors (Lipinski definition) is 3. The van der Waals surface area contributed by atoms with Crippen molar-refractivity contribution in [3.8, 4) is 0 Å². The van der Waals surface area contributed by atoms with Gasteiger partial charge in [-0.05, 0) is 28.9 Å². The molecule has 14 heavy (non-hydrogen) atoms. The smallest absolute Gasteiger partial charge is 0.258 e. The summed E-state index contributed by atoms with van der Waals surface area (Å²) in [7, 11) is 0. The summed E-state index contributed by atoms with van der Waals surface area (Å²) in [5, 5.41) is 10.5. The molecule has 0 aromatic carbocycles. The molecule has 7 heteroatoms. The Morgan fingerprint density at radius 2 is 2.21 bits per heavy atom. The first-order valence-electron chi connectivity index (χ1n) is 3.53. The molecule has 1 rings (SSSR count). The van der Waals surface area contributed by atoms with E-state index in [0.717, 1.165) is 6.07 Å². The number of nitro groups is 1. The third kappa shape index (κ3) is 2.03. The molecule has 0 N–H and O–H groups in total. The van der Waals surface area contributed by atoms with Crippen LogP contribution in [0.1, 0.15) is 17.7 Å². The van der Waals surface area contributed by atoms with Gasteiger partial charge in [0.2, 0.25) is 0 Å². The maximum Gasteiger partial charge on any atom is 0.304 e. The van der Waals surface area contributed by atoms with Crippen LogP contribution in [0.4, 0.5) is 14.5 Å². The maximum absolute atomic E-state index is 12.2. The lowest BCUT2D eigenvalue weighted by molar-refractivity contribution is -0.386. The first-order valence-corrected chi connectivity index (χ1v) is 4.32. The predicted octanol–water partition coefficient (Wildman–Crippen LogP) is 3.00. The molecule has 1 aromatic rings. The molecule has 1 aromatic heterocycles. The molecular formula is C7H5BrF2N2O2. The monoisotopic (exact) mass is 266 g/mol. The minimum Gasteiger partial charge on any atom is -0.258 e. The maximum atomic E-state index is 12.2. The van der Waals surface area contributed by atoms with Gasteiger partial charge in [0, 0.05) is 5.56 Å². The van der Waals surface area contributed by atoms with Crippen molar-refractivity contribution in [2.75, 3.05) is 0 Å². The Morgan fingerprint density at radius 3 is 2.57 bits per heavy atom. The van der Waals surface area contributed by atoms with Gasteiger partial charge in [0.1, 0.15) is 5.69 Å². The first-order chi connectivity index (χ1) is 6.43. The van der Waals surface area contributed by atoms with E-state index in [2.05, 4.69) is 20.9 Å². The highest BCUT2D eigenvalue weighted by molar-refractivity contribution is 9.10. The molecule has 0 saturated heterocycles. The summed E-state index contributed by atoms with van der Waals surface area (Å²) in [6, 6.07) is 1.01. The highest BCUT2D eigenvalue weighted by Crippen LogP contribution is 2.30. The van der Waals surface area contributed by atoms with Crippen LogP contribution in [0.2, 0.25) is 0 Å². The normalized spacial score (nSPS) is 10.6. The van der Waals surface area contributed by atoms with Crippen molar-refractivity contribution in [3.63, 3.8) is 0 Å². The van der Waals surface area contributed by atoms with E-state index >= 15 is 0 Å². The van der Waals surface area contributed by atoms with Crippen molar-refractivity contribution in [2.45, 2.75) is 13.3 Å². The van der Waals surface area contributed by atoms with Crippen LogP contribution in [0.3, 0.4) is 0 Å². The molecule has 0 amide bonds. The van der Waals surface area contributed by atoms with Gasteiger partial charge >= 0.3 is 5.69 Å². The van der Waals surface area contributed by atoms with Gasteiger partial charge in [-0.25, -0.2) is 13.8 Å². The van der Waals surface area contributed by atoms with E-state index in [4.69, 9.17) is 0 Å². The Labute approximate surface area is 86.2 Å². The van der Waals surface area contributed by atoms with E-state index < -0.39 is 17.0 Å². The van der Waals surface area contributed by atoms with Gasteiger partial charge in [-0.3, -0.25) is 10.1 Å². The van der Waals surface area contributed by atoms with Gasteiger partial charge in [0.25, 0.3) is 6.43 Å². The lowest BCUT2D eigenvalue weighted by Gasteiger charge is -2.03. The van der Waals surface area contributed by atoms with Crippen molar-refractivity contribution in [1.82, 2.24) is 4.98 Å². The molecule has 0 unspecified atom stereocenters. The Bertz CT molecular complexity index is 361. The van der Waals surface area contributed by atoms with Gasteiger partial charge in [-0.2, -0.15) is 0 Å². The highest BCUT2D eigenvalue weighted by atomic mass is 79.9. The Hall–Kier alpha value is -1.11. The topological polar surface area (TPSA) is 56.0 Å². The molecule has 0 spiro atoms. The number of alkyl halides is 2. The second kappa shape index (κ2) is 3.95. The summed E-state index contributed by atoms with van der Waals surface area (Å²) in [6.07, 6.45) is -2.73. The standard InChI is InChI=1S/C7H5BrF2N2O2/c1-3-2-4(7(9)10)11-6(8)5(3)12(13)14/h2,7H,1H3. The first kappa shape index (κ1) is 11.0. The number of halogens is 3. The Kier molecular flexibility index (Phi) is 3.10. The average Bonchev–Trinajstić information content (AvgIpc) is 2.01. The van der Waals surface area contributed by atoms with Crippen LogP contribution in [0.5, 0.6) is 0 Å². The van der Waals surface area contributed by atoms with Crippen molar-refractivity contribution < 1.29 is 13.7 Å². The molecule has 1 heterocycles. The van der Waals surface area contributed by atoms with Gasteiger partial charge < -0.3 is 0 Å². The summed E-state index contributed by atoms with van der Waals surface area (Å²) in [5.41, 5.74) is -0.596. The molecule has 0 bridgehead atoms. The average molecular weight is 267 g/mol. The quantitative estimate of drug-likeness (QED) is 0.470. The lowest BCUT2D eigenvalue weighted by atomic mass is 10.2. The van der Waals surface area contributed by atoms with Crippen LogP contribution in [0.15, 0.2) is 10.7 Å². The number of aryl methyl sites for hydroxylation is 1. The summed E-state index contributed by atoms with van der Waals surface area (Å²) in [5.74, 6) is 0. The van der Waals surface area contributed by atoms with Crippen molar-refractivity contribution in [1.29, 1.82) is 0 Å². The van der Waals surface area contributed by atoms with Crippen LogP contribution in [-0.4, -0.2) is 9.91 Å². The number of rotatable bonds is 2. The van der Waals surface area contributed by atoms with E-state index in [9.17, 15) is 18.9 Å². The van der Waals surface area contributed by atoms with E-state index in [1.807, 2.05) is 0 Å². The summed E-state index contributed by atoms with van der Waals surface area (Å²) in [4.78, 5) is 13.2. The van der Waals surface area contributed by atoms with E-state index in [-0.39, 0.29) is 15.9 Å². The fourth-order valence-electron chi connectivity index (χ4n) is 0.983. The Morgan fingerprint density at radius 1 is 1.64 bits per heavy atom. The van der Waals surface area contributed by atoms with Crippen LogP contribution in [0, 0.1) is 17.0 Å². The van der Waals surface area contributed by atoms with Gasteiger partial charge in [0.15, 0.2) is 4.60 Å². The van der Waals surface area contributed by atoms with Crippen LogP contribution in [0.25, 0.3) is 0 Å². The largest absolute Gasteiger partial charge is 0.304 e. The van der Waals surface area contributed by atoms with Gasteiger partial charge in [-0.15, -0.1) is 0 Å². The second-order valence-electron chi connectivity index (χ2n) is 2.56. The third-order valence-electron chi connectivity index (χ3n) is 1.57. The fourth-order valence-corrected chi connectivity index (χ4v) is 1.64. The zero-order chi connectivity index (χ0) is 10.9. The molecule has 0 saturated carbocycles. The summed E-state index contributed by atoms with van der Waals surface area (Å²) >= 11 is 2.78. The van der Waals surface area contributed by atoms with E-state index in [1.165, 1.54) is 6.92 Å². The SMILES string of the molecule is Cc1cc(C(F)F)nc(Br)c1[N+](=O)[O-]. The fraction of sp³-hybridized carbons (Fsp3) is 0.286. The van der Waals surface area contributed by atoms with E-state index in [1.54, 1.807) is 0 Å². The molecule has 0 atom stereocenters. The summed E-state index contributed by atoms with van der Waals surface area (Å²) < 4.78 is 24.2. The van der Waals surface area contributed by atoms with Crippen molar-refractivity contribution in [3.05, 3.63) is 32.0 Å². The van der Waals surface area contributed by atoms with Crippen molar-refractivity contribution in [2.24, 2.45) is 0 Å². The lowest BCUT2D eigenvalue weighted by Crippen LogP contribution is -1.99. The number of hydrogen-bond donors (Lipinski definition) is 0. The number of pyridine rings is 1. The molecule has 0 aliphatic heterocycles. The molecule has 4 nitrogen and oxygen atoms in total. The zero-order valence-corrected chi connectivity index (χ0v) is 8.59. The van der Waals surface area contributed by atoms with E-state index in [0.29, 0.717) is 0 Å². The molecule has 0 fully saturated rings. The minimum absolute atomic E-state index is 0.159. The number of aromatic nitrogens is 1. The highest BCUT2D eigenvalue weighted by Gasteiger charge is 2.21. The molecular weight excluding hydrogens is 262 g/mol.